The van der Waals surface area contributed by atoms with Gasteiger partial charge in [-0.2, -0.15) is 0 Å². The monoisotopic (exact) mass is 731 g/mol. The van der Waals surface area contributed by atoms with Crippen molar-refractivity contribution in [3.05, 3.63) is 129 Å². The molecule has 0 spiro atoms. The fourth-order valence-electron chi connectivity index (χ4n) is 3.58. The highest BCUT2D eigenvalue weighted by molar-refractivity contribution is 9.15. The Balaban J connectivity index is 0.000000161. The van der Waals surface area contributed by atoms with Gasteiger partial charge in [-0.25, -0.2) is 8.78 Å². The molecule has 1 aliphatic rings. The van der Waals surface area contributed by atoms with Gasteiger partial charge in [-0.3, -0.25) is 4.79 Å². The molecule has 0 saturated heterocycles. The van der Waals surface area contributed by atoms with E-state index < -0.39 is 6.10 Å². The van der Waals surface area contributed by atoms with E-state index >= 15 is 0 Å². The third kappa shape index (κ3) is 8.94. The van der Waals surface area contributed by atoms with Gasteiger partial charge < -0.3 is 14.6 Å². The van der Waals surface area contributed by atoms with E-state index in [0.29, 0.717) is 17.8 Å². The summed E-state index contributed by atoms with van der Waals surface area (Å²) in [4.78, 5) is 12.0. The third-order valence-corrected chi connectivity index (χ3v) is 9.75. The molecular weight excluding hydrogens is 710 g/mol. The lowest BCUT2D eigenvalue weighted by Crippen LogP contribution is -2.08. The molecule has 214 valence electrons. The normalized spacial score (nSPS) is 12.0. The van der Waals surface area contributed by atoms with Gasteiger partial charge in [-0.15, -0.1) is 11.3 Å². The van der Waals surface area contributed by atoms with Crippen LogP contribution in [0.3, 0.4) is 0 Å². The molecular formula is C32H23Br2F2O4S2+. The Hall–Kier alpha value is -3.11. The maximum atomic E-state index is 12.8. The summed E-state index contributed by atoms with van der Waals surface area (Å²) in [6.45, 7) is 0.128. The van der Waals surface area contributed by atoms with E-state index in [9.17, 15) is 18.7 Å². The van der Waals surface area contributed by atoms with Gasteiger partial charge in [0.1, 0.15) is 64.7 Å². The fourth-order valence-corrected chi connectivity index (χ4v) is 7.09. The van der Waals surface area contributed by atoms with E-state index in [-0.39, 0.29) is 24.8 Å². The standard InChI is InChI=1S/C16H12BrFO2S.C8H4BrS.C8H7FO2/c17-15-12-3-1-2-4-14(12)21-16(15)13(19)9-20-11-7-5-10(18)6-8-11;9-7-5-10-8-4-2-1-3-6(7)8;9-7-1-3-8(4-2-7)11-6-5-10/h1-8,13,19H,9H2;1-4H;1-5H,6H2/q;+1;. The molecule has 1 atom stereocenters. The number of hydrogen-bond donors (Lipinski definition) is 1. The van der Waals surface area contributed by atoms with E-state index in [4.69, 9.17) is 9.47 Å². The molecule has 1 N–H and O–H groups in total. The summed E-state index contributed by atoms with van der Waals surface area (Å²) >= 11 is 10.1. The number of carbonyl (C=O) groups is 1. The summed E-state index contributed by atoms with van der Waals surface area (Å²) in [6.07, 6.45) is -0.0922. The number of aliphatic hydroxyl groups is 1. The first kappa shape index (κ1) is 31.8. The first-order valence-corrected chi connectivity index (χ1v) is 15.7. The predicted molar refractivity (Wildman–Crippen MR) is 172 cm³/mol. The Kier molecular flexibility index (Phi) is 12.1. The SMILES string of the molecule is BrC1=[C+]Sc2ccccc21.O=CCOc1ccc(F)cc1.OC(COc1ccc(F)cc1)c1sc2ccccc2c1Br. The topological polar surface area (TPSA) is 55.8 Å². The van der Waals surface area contributed by atoms with Gasteiger partial charge in [0.25, 0.3) is 4.48 Å². The zero-order valence-electron chi connectivity index (χ0n) is 21.8. The van der Waals surface area contributed by atoms with Crippen LogP contribution >= 0.6 is 55.0 Å². The van der Waals surface area contributed by atoms with Crippen LogP contribution in [0.1, 0.15) is 16.5 Å². The first-order valence-electron chi connectivity index (χ1n) is 12.5. The summed E-state index contributed by atoms with van der Waals surface area (Å²) in [6, 6.07) is 27.5. The Labute approximate surface area is 267 Å². The van der Waals surface area contributed by atoms with Gasteiger partial charge in [0.2, 0.25) is 0 Å². The average Bonchev–Trinajstić information content (AvgIpc) is 3.57. The van der Waals surface area contributed by atoms with Crippen LogP contribution in [0, 0.1) is 17.0 Å². The van der Waals surface area contributed by atoms with Crippen LogP contribution in [0.25, 0.3) is 14.6 Å². The maximum Gasteiger partial charge on any atom is 0.254 e. The van der Waals surface area contributed by atoms with Crippen molar-refractivity contribution in [2.45, 2.75) is 11.0 Å². The molecule has 4 aromatic carbocycles. The summed E-state index contributed by atoms with van der Waals surface area (Å²) in [5.41, 5.74) is 1.26. The number of thioether (sulfide) groups is 1. The molecule has 0 fully saturated rings. The van der Waals surface area contributed by atoms with E-state index in [1.165, 1.54) is 58.2 Å². The van der Waals surface area contributed by atoms with Crippen molar-refractivity contribution >= 4 is 75.8 Å². The summed E-state index contributed by atoms with van der Waals surface area (Å²) in [5.74, 6) is 0.407. The van der Waals surface area contributed by atoms with Crippen molar-refractivity contribution in [2.75, 3.05) is 13.2 Å². The number of benzene rings is 4. The molecule has 5 aromatic rings. The third-order valence-electron chi connectivity index (χ3n) is 5.59. The van der Waals surface area contributed by atoms with Crippen LogP contribution in [0.2, 0.25) is 0 Å². The van der Waals surface area contributed by atoms with Crippen LogP contribution in [-0.2, 0) is 4.79 Å². The smallest absolute Gasteiger partial charge is 0.254 e. The maximum absolute atomic E-state index is 12.8. The van der Waals surface area contributed by atoms with Gasteiger partial charge >= 0.3 is 0 Å². The Morgan fingerprint density at radius 1 is 0.833 bits per heavy atom. The number of aldehydes is 1. The van der Waals surface area contributed by atoms with E-state index in [1.54, 1.807) is 23.9 Å². The van der Waals surface area contributed by atoms with Crippen molar-refractivity contribution in [1.29, 1.82) is 0 Å². The molecule has 0 bridgehead atoms. The van der Waals surface area contributed by atoms with Crippen LogP contribution in [0.5, 0.6) is 11.5 Å². The van der Waals surface area contributed by atoms with Gasteiger partial charge in [0, 0.05) is 36.6 Å². The highest BCUT2D eigenvalue weighted by Gasteiger charge is 2.24. The lowest BCUT2D eigenvalue weighted by molar-refractivity contribution is -0.109. The zero-order valence-corrected chi connectivity index (χ0v) is 26.6. The number of fused-ring (bicyclic) bond motifs is 2. The number of aliphatic hydroxyl groups excluding tert-OH is 1. The molecule has 0 amide bonds. The molecule has 0 radical (unpaired) electrons. The minimum Gasteiger partial charge on any atom is -0.490 e. The fraction of sp³-hybridized carbons (Fsp3) is 0.0938. The van der Waals surface area contributed by atoms with Gasteiger partial charge in [-0.05, 0) is 82.7 Å². The van der Waals surface area contributed by atoms with Crippen molar-refractivity contribution in [1.82, 2.24) is 0 Å². The first-order chi connectivity index (χ1) is 20.4. The van der Waals surface area contributed by atoms with Crippen LogP contribution in [-0.4, -0.2) is 24.6 Å². The Morgan fingerprint density at radius 2 is 1.43 bits per heavy atom. The lowest BCUT2D eigenvalue weighted by Gasteiger charge is -2.11. The minimum atomic E-state index is -0.734. The average molecular weight is 733 g/mol. The molecule has 1 unspecified atom stereocenters. The predicted octanol–water partition coefficient (Wildman–Crippen LogP) is 9.61. The molecule has 0 aliphatic carbocycles. The van der Waals surface area contributed by atoms with E-state index in [2.05, 4.69) is 49.4 Å². The van der Waals surface area contributed by atoms with Crippen molar-refractivity contribution < 1.29 is 28.2 Å². The van der Waals surface area contributed by atoms with Crippen molar-refractivity contribution in [3.8, 4) is 11.5 Å². The molecule has 1 aromatic heterocycles. The van der Waals surface area contributed by atoms with Crippen molar-refractivity contribution in [2.24, 2.45) is 0 Å². The number of rotatable bonds is 7. The Morgan fingerprint density at radius 3 is 2.05 bits per heavy atom. The zero-order chi connectivity index (χ0) is 29.9. The highest BCUT2D eigenvalue weighted by Crippen LogP contribution is 2.40. The number of thiophene rings is 1. The van der Waals surface area contributed by atoms with Crippen LogP contribution in [0.15, 0.2) is 106 Å². The molecule has 4 nitrogen and oxygen atoms in total. The van der Waals surface area contributed by atoms with Gasteiger partial charge in [0.15, 0.2) is 11.7 Å². The number of ether oxygens (including phenoxy) is 2. The summed E-state index contributed by atoms with van der Waals surface area (Å²) < 4.78 is 38.6. The number of halogens is 4. The van der Waals surface area contributed by atoms with Crippen LogP contribution < -0.4 is 9.47 Å². The molecule has 2 heterocycles. The quantitative estimate of drug-likeness (QED) is 0.133. The van der Waals surface area contributed by atoms with Gasteiger partial charge in [-0.1, -0.05) is 24.3 Å². The number of carbonyl (C=O) groups excluding carboxylic acids is 1. The molecule has 0 saturated carbocycles. The number of hydrogen-bond acceptors (Lipinski definition) is 6. The summed E-state index contributed by atoms with van der Waals surface area (Å²) in [7, 11) is 0. The molecule has 1 aliphatic heterocycles. The van der Waals surface area contributed by atoms with Crippen molar-refractivity contribution in [3.63, 3.8) is 0 Å². The molecule has 42 heavy (non-hydrogen) atoms. The van der Waals surface area contributed by atoms with Gasteiger partial charge in [0.05, 0.1) is 4.88 Å². The second-order valence-electron chi connectivity index (χ2n) is 8.50. The highest BCUT2D eigenvalue weighted by atomic mass is 79.9. The van der Waals surface area contributed by atoms with E-state index in [1.807, 2.05) is 36.4 Å². The Bertz CT molecular complexity index is 1640. The molecule has 10 heteroatoms. The lowest BCUT2D eigenvalue weighted by atomic mass is 10.2. The second kappa shape index (κ2) is 15.9. The minimum absolute atomic E-state index is 0.00559. The molecule has 6 rings (SSSR count). The van der Waals surface area contributed by atoms with E-state index in [0.717, 1.165) is 23.9 Å². The summed E-state index contributed by atoms with van der Waals surface area (Å²) in [5, 5.41) is 14.5. The van der Waals surface area contributed by atoms with Crippen LogP contribution in [0.4, 0.5) is 8.78 Å². The second-order valence-corrected chi connectivity index (χ2v) is 12.0. The largest absolute Gasteiger partial charge is 0.490 e.